The molecule has 0 radical (unpaired) electrons. The second-order valence-electron chi connectivity index (χ2n) is 4.28. The second kappa shape index (κ2) is 7.01. The summed E-state index contributed by atoms with van der Waals surface area (Å²) in [6.07, 6.45) is 4.37. The minimum Gasteiger partial charge on any atom is -0.331 e. The molecule has 0 aliphatic carbocycles. The normalized spacial score (nSPS) is 11.7. The van der Waals surface area contributed by atoms with Crippen LogP contribution in [0.5, 0.6) is 0 Å². The van der Waals surface area contributed by atoms with Gasteiger partial charge in [0.25, 0.3) is 0 Å². The molecule has 0 spiro atoms. The SMILES string of the molecule is O=S(=O)(CBr)NCCCn1ccnc1-c1ccccc1. The third kappa shape index (κ3) is 4.16. The average molecular weight is 358 g/mol. The standard InChI is InChI=1S/C13H16BrN3O2S/c14-11-20(18,19)16-7-4-9-17-10-8-15-13(17)12-5-2-1-3-6-12/h1-3,5-6,8,10,16H,4,7,9,11H2. The fourth-order valence-corrected chi connectivity index (χ4v) is 2.87. The first kappa shape index (κ1) is 15.2. The van der Waals surface area contributed by atoms with Gasteiger partial charge < -0.3 is 4.57 Å². The van der Waals surface area contributed by atoms with Crippen molar-refractivity contribution in [2.75, 3.05) is 11.2 Å². The van der Waals surface area contributed by atoms with E-state index in [1.54, 1.807) is 6.20 Å². The topological polar surface area (TPSA) is 64.0 Å². The minimum atomic E-state index is -3.18. The maximum atomic E-state index is 11.3. The zero-order valence-corrected chi connectivity index (χ0v) is 13.3. The molecule has 20 heavy (non-hydrogen) atoms. The zero-order chi connectivity index (χ0) is 14.4. The molecule has 0 bridgehead atoms. The molecule has 0 atom stereocenters. The molecule has 0 saturated heterocycles. The molecular weight excluding hydrogens is 342 g/mol. The first-order valence-corrected chi connectivity index (χ1v) is 8.99. The highest BCUT2D eigenvalue weighted by molar-refractivity contribution is 9.10. The molecule has 1 aromatic carbocycles. The van der Waals surface area contributed by atoms with E-state index < -0.39 is 10.0 Å². The van der Waals surface area contributed by atoms with Crippen LogP contribution in [0.2, 0.25) is 0 Å². The maximum absolute atomic E-state index is 11.3. The van der Waals surface area contributed by atoms with E-state index in [0.717, 1.165) is 17.9 Å². The summed E-state index contributed by atoms with van der Waals surface area (Å²) in [7, 11) is -3.18. The smallest absolute Gasteiger partial charge is 0.221 e. The van der Waals surface area contributed by atoms with Gasteiger partial charge in [0.15, 0.2) is 0 Å². The van der Waals surface area contributed by atoms with Crippen molar-refractivity contribution in [2.45, 2.75) is 13.0 Å². The predicted octanol–water partition coefficient (Wildman–Crippen LogP) is 2.21. The van der Waals surface area contributed by atoms with Crippen molar-refractivity contribution in [3.05, 3.63) is 42.7 Å². The van der Waals surface area contributed by atoms with Crippen molar-refractivity contribution in [1.29, 1.82) is 0 Å². The van der Waals surface area contributed by atoms with E-state index in [4.69, 9.17) is 0 Å². The Labute approximate surface area is 127 Å². The van der Waals surface area contributed by atoms with E-state index in [1.165, 1.54) is 0 Å². The molecule has 0 fully saturated rings. The number of aryl methyl sites for hydroxylation is 1. The lowest BCUT2D eigenvalue weighted by Gasteiger charge is -2.08. The highest BCUT2D eigenvalue weighted by Crippen LogP contribution is 2.16. The second-order valence-corrected chi connectivity index (χ2v) is 7.39. The van der Waals surface area contributed by atoms with E-state index >= 15 is 0 Å². The van der Waals surface area contributed by atoms with Gasteiger partial charge in [-0.1, -0.05) is 46.3 Å². The molecule has 5 nitrogen and oxygen atoms in total. The van der Waals surface area contributed by atoms with Crippen LogP contribution in [0.25, 0.3) is 11.4 Å². The van der Waals surface area contributed by atoms with Gasteiger partial charge in [0.2, 0.25) is 10.0 Å². The number of aromatic nitrogens is 2. The number of hydrogen-bond acceptors (Lipinski definition) is 3. The summed E-state index contributed by atoms with van der Waals surface area (Å²) in [5.74, 6) is 0.897. The van der Waals surface area contributed by atoms with Gasteiger partial charge in [0.1, 0.15) is 10.5 Å². The van der Waals surface area contributed by atoms with Crippen LogP contribution in [0.1, 0.15) is 6.42 Å². The molecule has 2 aromatic rings. The van der Waals surface area contributed by atoms with Gasteiger partial charge in [-0.15, -0.1) is 0 Å². The molecule has 1 heterocycles. The van der Waals surface area contributed by atoms with Crippen LogP contribution in [0.15, 0.2) is 42.7 Å². The summed E-state index contributed by atoms with van der Waals surface area (Å²) in [6.45, 7) is 1.13. The summed E-state index contributed by atoms with van der Waals surface area (Å²) in [5.41, 5.74) is 1.05. The van der Waals surface area contributed by atoms with Gasteiger partial charge in [-0.2, -0.15) is 0 Å². The number of benzene rings is 1. The van der Waals surface area contributed by atoms with Crippen molar-refractivity contribution in [3.8, 4) is 11.4 Å². The van der Waals surface area contributed by atoms with Crippen LogP contribution in [-0.2, 0) is 16.6 Å². The molecule has 108 valence electrons. The van der Waals surface area contributed by atoms with Crippen molar-refractivity contribution in [1.82, 2.24) is 14.3 Å². The van der Waals surface area contributed by atoms with Crippen molar-refractivity contribution < 1.29 is 8.42 Å². The summed E-state index contributed by atoms with van der Waals surface area (Å²) in [5, 5.41) is 0. The molecule has 0 aliphatic heterocycles. The van der Waals surface area contributed by atoms with Gasteiger partial charge in [0, 0.05) is 31.0 Å². The van der Waals surface area contributed by atoms with Crippen LogP contribution in [0.4, 0.5) is 0 Å². The van der Waals surface area contributed by atoms with Gasteiger partial charge in [-0.05, 0) is 6.42 Å². The largest absolute Gasteiger partial charge is 0.331 e. The molecule has 7 heteroatoms. The van der Waals surface area contributed by atoms with Gasteiger partial charge in [-0.25, -0.2) is 18.1 Å². The number of nitrogens with zero attached hydrogens (tertiary/aromatic N) is 2. The number of alkyl halides is 1. The molecule has 0 amide bonds. The Morgan fingerprint density at radius 3 is 2.70 bits per heavy atom. The third-order valence-electron chi connectivity index (χ3n) is 2.79. The Bertz CT molecular complexity index is 641. The van der Waals surface area contributed by atoms with Crippen molar-refractivity contribution in [2.24, 2.45) is 0 Å². The highest BCUT2D eigenvalue weighted by atomic mass is 79.9. The van der Waals surface area contributed by atoms with E-state index in [9.17, 15) is 8.42 Å². The Morgan fingerprint density at radius 2 is 2.00 bits per heavy atom. The van der Waals surface area contributed by atoms with Crippen LogP contribution in [-0.4, -0.2) is 29.2 Å². The predicted molar refractivity (Wildman–Crippen MR) is 83.0 cm³/mol. The number of halogens is 1. The van der Waals surface area contributed by atoms with Gasteiger partial charge in [0.05, 0.1) is 0 Å². The lowest BCUT2D eigenvalue weighted by Crippen LogP contribution is -2.26. The Morgan fingerprint density at radius 1 is 1.25 bits per heavy atom. The average Bonchev–Trinajstić information content (AvgIpc) is 2.93. The minimum absolute atomic E-state index is 0.0691. The highest BCUT2D eigenvalue weighted by Gasteiger charge is 2.07. The lowest BCUT2D eigenvalue weighted by atomic mass is 10.2. The molecule has 0 saturated carbocycles. The Balaban J connectivity index is 1.94. The number of rotatable bonds is 7. The Kier molecular flexibility index (Phi) is 5.33. The quantitative estimate of drug-likeness (QED) is 0.610. The molecule has 0 aliphatic rings. The molecular formula is C13H16BrN3O2S. The third-order valence-corrected chi connectivity index (χ3v) is 5.53. The van der Waals surface area contributed by atoms with E-state index in [0.29, 0.717) is 13.0 Å². The first-order valence-electron chi connectivity index (χ1n) is 6.22. The van der Waals surface area contributed by atoms with Crippen LogP contribution < -0.4 is 4.72 Å². The molecule has 1 N–H and O–H groups in total. The van der Waals surface area contributed by atoms with Crippen LogP contribution >= 0.6 is 15.9 Å². The Hall–Kier alpha value is -1.18. The van der Waals surface area contributed by atoms with Crippen LogP contribution in [0, 0.1) is 0 Å². The lowest BCUT2D eigenvalue weighted by molar-refractivity contribution is 0.575. The number of sulfonamides is 1. The summed E-state index contributed by atoms with van der Waals surface area (Å²) in [4.78, 5) is 4.35. The van der Waals surface area contributed by atoms with Gasteiger partial charge >= 0.3 is 0 Å². The van der Waals surface area contributed by atoms with E-state index in [-0.39, 0.29) is 4.66 Å². The maximum Gasteiger partial charge on any atom is 0.221 e. The van der Waals surface area contributed by atoms with Gasteiger partial charge in [-0.3, -0.25) is 0 Å². The monoisotopic (exact) mass is 357 g/mol. The van der Waals surface area contributed by atoms with E-state index in [1.807, 2.05) is 41.1 Å². The van der Waals surface area contributed by atoms with Crippen molar-refractivity contribution in [3.63, 3.8) is 0 Å². The number of hydrogen-bond donors (Lipinski definition) is 1. The fourth-order valence-electron chi connectivity index (χ4n) is 1.85. The number of imidazole rings is 1. The fraction of sp³-hybridized carbons (Fsp3) is 0.308. The van der Waals surface area contributed by atoms with E-state index in [2.05, 4.69) is 25.6 Å². The van der Waals surface area contributed by atoms with Crippen LogP contribution in [0.3, 0.4) is 0 Å². The molecule has 2 rings (SSSR count). The van der Waals surface area contributed by atoms with Crippen molar-refractivity contribution >= 4 is 26.0 Å². The molecule has 0 unspecified atom stereocenters. The summed E-state index contributed by atoms with van der Waals surface area (Å²) >= 11 is 2.94. The zero-order valence-electron chi connectivity index (χ0n) is 10.9. The first-order chi connectivity index (χ1) is 9.62. The molecule has 1 aromatic heterocycles. The summed E-state index contributed by atoms with van der Waals surface area (Å²) < 4.78 is 27.0. The number of nitrogens with one attached hydrogen (secondary N) is 1. The summed E-state index contributed by atoms with van der Waals surface area (Å²) in [6, 6.07) is 9.92.